The minimum Gasteiger partial charge on any atom is -0.370 e. The summed E-state index contributed by atoms with van der Waals surface area (Å²) in [6.45, 7) is 2.58. The standard InChI is InChI=1S/C24H30N4O4/c1-17(29)21-12-22(26-25-21)24(31)27-13-20(32-16-18-8-4-2-5-9-18)14-28(23(30)15-27)19-10-6-3-7-11-19/h2,4-5,8-9,12,19-20H,3,6-7,10-11,13-16H2,1H3,(H,25,26)/t20-/m0/s1. The highest BCUT2D eigenvalue weighted by atomic mass is 16.5. The van der Waals surface area contributed by atoms with E-state index in [2.05, 4.69) is 10.2 Å². The molecule has 2 aromatic rings. The number of rotatable bonds is 6. The summed E-state index contributed by atoms with van der Waals surface area (Å²) in [4.78, 5) is 41.3. The number of hydrogen-bond donors (Lipinski definition) is 1. The van der Waals surface area contributed by atoms with E-state index >= 15 is 0 Å². The largest absolute Gasteiger partial charge is 0.370 e. The molecule has 0 bridgehead atoms. The number of ketones is 1. The van der Waals surface area contributed by atoms with Crippen molar-refractivity contribution in [3.05, 3.63) is 53.3 Å². The quantitative estimate of drug-likeness (QED) is 0.700. The third kappa shape index (κ3) is 5.24. The van der Waals surface area contributed by atoms with Gasteiger partial charge in [-0.25, -0.2) is 0 Å². The number of aromatic nitrogens is 2. The van der Waals surface area contributed by atoms with Gasteiger partial charge in [-0.3, -0.25) is 19.5 Å². The summed E-state index contributed by atoms with van der Waals surface area (Å²) in [5.74, 6) is -0.626. The van der Waals surface area contributed by atoms with Crippen LogP contribution in [0.1, 0.15) is 65.6 Å². The number of nitrogens with one attached hydrogen (secondary N) is 1. The molecule has 1 atom stereocenters. The first-order valence-corrected chi connectivity index (χ1v) is 11.3. The number of aromatic amines is 1. The highest BCUT2D eigenvalue weighted by molar-refractivity contribution is 5.98. The average molecular weight is 439 g/mol. The molecular formula is C24H30N4O4. The maximum atomic E-state index is 13.2. The van der Waals surface area contributed by atoms with Gasteiger partial charge in [0.1, 0.15) is 17.9 Å². The van der Waals surface area contributed by atoms with Crippen LogP contribution in [-0.4, -0.2) is 69.4 Å². The third-order valence-corrected chi connectivity index (χ3v) is 6.27. The number of amides is 2. The Labute approximate surface area is 187 Å². The molecule has 8 nitrogen and oxygen atoms in total. The fourth-order valence-electron chi connectivity index (χ4n) is 4.52. The van der Waals surface area contributed by atoms with Crippen LogP contribution in [0.4, 0.5) is 0 Å². The first-order chi connectivity index (χ1) is 15.5. The van der Waals surface area contributed by atoms with Gasteiger partial charge >= 0.3 is 0 Å². The molecule has 2 fully saturated rings. The van der Waals surface area contributed by atoms with Crippen LogP contribution in [0.3, 0.4) is 0 Å². The monoisotopic (exact) mass is 438 g/mol. The number of carbonyl (C=O) groups is 3. The van der Waals surface area contributed by atoms with Crippen molar-refractivity contribution in [3.8, 4) is 0 Å². The molecule has 1 aliphatic heterocycles. The smallest absolute Gasteiger partial charge is 0.272 e. The SMILES string of the molecule is CC(=O)c1cc(C(=O)N2CC(=O)N(C3CCCCC3)C[C@@H](OCc3ccccc3)C2)[nH]n1. The topological polar surface area (TPSA) is 95.6 Å². The van der Waals surface area contributed by atoms with Crippen LogP contribution in [-0.2, 0) is 16.1 Å². The van der Waals surface area contributed by atoms with Crippen molar-refractivity contribution in [1.82, 2.24) is 20.0 Å². The van der Waals surface area contributed by atoms with E-state index < -0.39 is 0 Å². The van der Waals surface area contributed by atoms with Gasteiger partial charge < -0.3 is 14.5 Å². The van der Waals surface area contributed by atoms with Gasteiger partial charge in [0.05, 0.1) is 12.7 Å². The summed E-state index contributed by atoms with van der Waals surface area (Å²) < 4.78 is 6.21. The molecule has 1 aromatic heterocycles. The number of ether oxygens (including phenoxy) is 1. The lowest BCUT2D eigenvalue weighted by Gasteiger charge is -2.34. The molecule has 32 heavy (non-hydrogen) atoms. The van der Waals surface area contributed by atoms with Crippen LogP contribution in [0.15, 0.2) is 36.4 Å². The molecule has 2 aliphatic rings. The number of H-pyrrole nitrogens is 1. The van der Waals surface area contributed by atoms with Crippen LogP contribution in [0, 0.1) is 0 Å². The average Bonchev–Trinajstić information content (AvgIpc) is 3.25. The minimum atomic E-state index is -0.350. The van der Waals surface area contributed by atoms with Crippen LogP contribution >= 0.6 is 0 Å². The van der Waals surface area contributed by atoms with Crippen molar-refractivity contribution in [2.45, 2.75) is 57.8 Å². The molecule has 1 saturated heterocycles. The van der Waals surface area contributed by atoms with Gasteiger partial charge in [-0.1, -0.05) is 49.6 Å². The Morgan fingerprint density at radius 1 is 1.12 bits per heavy atom. The molecule has 2 heterocycles. The predicted molar refractivity (Wildman–Crippen MR) is 118 cm³/mol. The number of nitrogens with zero attached hydrogens (tertiary/aromatic N) is 3. The summed E-state index contributed by atoms with van der Waals surface area (Å²) >= 11 is 0. The van der Waals surface area contributed by atoms with Crippen molar-refractivity contribution < 1.29 is 19.1 Å². The van der Waals surface area contributed by atoms with Gasteiger partial charge in [0.25, 0.3) is 5.91 Å². The van der Waals surface area contributed by atoms with Gasteiger partial charge in [0.2, 0.25) is 5.91 Å². The second kappa shape index (κ2) is 10.1. The zero-order chi connectivity index (χ0) is 22.5. The molecule has 8 heteroatoms. The highest BCUT2D eigenvalue weighted by Crippen LogP contribution is 2.25. The highest BCUT2D eigenvalue weighted by Gasteiger charge is 2.35. The molecule has 1 saturated carbocycles. The molecule has 1 N–H and O–H groups in total. The lowest BCUT2D eigenvalue weighted by Crippen LogP contribution is -2.46. The second-order valence-corrected chi connectivity index (χ2v) is 8.67. The summed E-state index contributed by atoms with van der Waals surface area (Å²) in [7, 11) is 0. The van der Waals surface area contributed by atoms with Crippen LogP contribution in [0.25, 0.3) is 0 Å². The minimum absolute atomic E-state index is 0.00500. The number of benzene rings is 1. The zero-order valence-corrected chi connectivity index (χ0v) is 18.5. The van der Waals surface area contributed by atoms with Crippen LogP contribution in [0.5, 0.6) is 0 Å². The lowest BCUT2D eigenvalue weighted by molar-refractivity contribution is -0.134. The molecule has 170 valence electrons. The van der Waals surface area contributed by atoms with E-state index in [0.29, 0.717) is 19.7 Å². The number of Topliss-reactive ketones (excluding diaryl/α,β-unsaturated/α-hetero) is 1. The summed E-state index contributed by atoms with van der Waals surface area (Å²) in [6, 6.07) is 11.5. The number of hydrogen-bond acceptors (Lipinski definition) is 5. The summed E-state index contributed by atoms with van der Waals surface area (Å²) in [6.07, 6.45) is 5.13. The lowest BCUT2D eigenvalue weighted by atomic mass is 9.94. The zero-order valence-electron chi connectivity index (χ0n) is 18.5. The van der Waals surface area contributed by atoms with Gasteiger partial charge in [0, 0.05) is 26.1 Å². The second-order valence-electron chi connectivity index (χ2n) is 8.67. The van der Waals surface area contributed by atoms with Gasteiger partial charge in [-0.05, 0) is 24.5 Å². The van der Waals surface area contributed by atoms with E-state index in [4.69, 9.17) is 4.74 Å². The fourth-order valence-corrected chi connectivity index (χ4v) is 4.52. The van der Waals surface area contributed by atoms with Crippen molar-refractivity contribution in [2.24, 2.45) is 0 Å². The third-order valence-electron chi connectivity index (χ3n) is 6.27. The fraction of sp³-hybridized carbons (Fsp3) is 0.500. The Morgan fingerprint density at radius 3 is 2.56 bits per heavy atom. The van der Waals surface area contributed by atoms with E-state index in [1.54, 1.807) is 0 Å². The molecule has 2 amide bonds. The Balaban J connectivity index is 1.53. The van der Waals surface area contributed by atoms with E-state index in [-0.39, 0.29) is 47.7 Å². The van der Waals surface area contributed by atoms with E-state index in [1.807, 2.05) is 35.2 Å². The molecule has 4 rings (SSSR count). The van der Waals surface area contributed by atoms with Crippen molar-refractivity contribution >= 4 is 17.6 Å². The Morgan fingerprint density at radius 2 is 1.88 bits per heavy atom. The van der Waals surface area contributed by atoms with Crippen molar-refractivity contribution in [2.75, 3.05) is 19.6 Å². The van der Waals surface area contributed by atoms with E-state index in [1.165, 1.54) is 24.3 Å². The normalized spacial score (nSPS) is 20.3. The Hall–Kier alpha value is -3.00. The van der Waals surface area contributed by atoms with E-state index in [9.17, 15) is 14.4 Å². The number of carbonyl (C=O) groups excluding carboxylic acids is 3. The molecule has 0 unspecified atom stereocenters. The van der Waals surface area contributed by atoms with Crippen molar-refractivity contribution in [1.29, 1.82) is 0 Å². The van der Waals surface area contributed by atoms with E-state index in [0.717, 1.165) is 31.2 Å². The van der Waals surface area contributed by atoms with Crippen LogP contribution < -0.4 is 0 Å². The predicted octanol–water partition coefficient (Wildman–Crippen LogP) is 2.81. The first-order valence-electron chi connectivity index (χ1n) is 11.3. The molecule has 0 radical (unpaired) electrons. The summed E-state index contributed by atoms with van der Waals surface area (Å²) in [5.41, 5.74) is 1.45. The molecule has 1 aliphatic carbocycles. The maximum absolute atomic E-state index is 13.2. The Kier molecular flexibility index (Phi) is 6.99. The molecule has 1 aromatic carbocycles. The van der Waals surface area contributed by atoms with Crippen molar-refractivity contribution in [3.63, 3.8) is 0 Å². The maximum Gasteiger partial charge on any atom is 0.272 e. The first kappa shape index (κ1) is 22.2. The molecule has 0 spiro atoms. The Bertz CT molecular complexity index is 952. The molecular weight excluding hydrogens is 408 g/mol. The van der Waals surface area contributed by atoms with Gasteiger partial charge in [-0.2, -0.15) is 5.10 Å². The van der Waals surface area contributed by atoms with Crippen LogP contribution in [0.2, 0.25) is 0 Å². The van der Waals surface area contributed by atoms with Gasteiger partial charge in [-0.15, -0.1) is 0 Å². The summed E-state index contributed by atoms with van der Waals surface area (Å²) in [5, 5.41) is 6.55. The van der Waals surface area contributed by atoms with Gasteiger partial charge in [0.15, 0.2) is 5.78 Å².